The summed E-state index contributed by atoms with van der Waals surface area (Å²) in [6.45, 7) is 5.76. The normalized spacial score (nSPS) is 12.0. The molecule has 36 heavy (non-hydrogen) atoms. The zero-order valence-corrected chi connectivity index (χ0v) is 21.4. The van der Waals surface area contributed by atoms with Gasteiger partial charge in [0.1, 0.15) is 28.5 Å². The third kappa shape index (κ3) is 5.83. The number of nitrogens with zero attached hydrogens (tertiary/aromatic N) is 3. The number of benzene rings is 2. The van der Waals surface area contributed by atoms with Crippen LogP contribution in [0.2, 0.25) is 0 Å². The molecule has 184 valence electrons. The van der Waals surface area contributed by atoms with Crippen LogP contribution in [-0.2, 0) is 14.8 Å². The van der Waals surface area contributed by atoms with Crippen LogP contribution in [0.4, 0.5) is 11.5 Å². The molecule has 0 saturated carbocycles. The average Bonchev–Trinajstić information content (AvgIpc) is 2.83. The van der Waals surface area contributed by atoms with Crippen LogP contribution in [0.3, 0.4) is 0 Å². The molecule has 1 aromatic heterocycles. The van der Waals surface area contributed by atoms with Crippen molar-refractivity contribution in [3.63, 3.8) is 0 Å². The summed E-state index contributed by atoms with van der Waals surface area (Å²) in [5.41, 5.74) is 8.83. The number of sulfonamides is 1. The van der Waals surface area contributed by atoms with E-state index in [0.29, 0.717) is 22.7 Å². The maximum absolute atomic E-state index is 12.8. The van der Waals surface area contributed by atoms with Gasteiger partial charge in [0, 0.05) is 11.3 Å². The molecule has 1 atom stereocenters. The van der Waals surface area contributed by atoms with Crippen LogP contribution in [0, 0.1) is 22.7 Å². The second-order valence-electron chi connectivity index (χ2n) is 8.25. The lowest BCUT2D eigenvalue weighted by molar-refractivity contribution is -0.115. The van der Waals surface area contributed by atoms with Crippen LogP contribution in [0.5, 0.6) is 0 Å². The van der Waals surface area contributed by atoms with E-state index in [-0.39, 0.29) is 26.9 Å². The molecule has 3 aromatic rings. The van der Waals surface area contributed by atoms with Crippen LogP contribution in [0.1, 0.15) is 43.4 Å². The molecule has 0 radical (unpaired) electrons. The number of amides is 1. The van der Waals surface area contributed by atoms with Gasteiger partial charge in [-0.3, -0.25) is 4.79 Å². The van der Waals surface area contributed by atoms with Gasteiger partial charge in [-0.05, 0) is 48.2 Å². The molecule has 9 nitrogen and oxygen atoms in total. The Morgan fingerprint density at radius 3 is 2.08 bits per heavy atom. The van der Waals surface area contributed by atoms with E-state index in [1.54, 1.807) is 6.92 Å². The van der Waals surface area contributed by atoms with Crippen LogP contribution in [0.25, 0.3) is 11.1 Å². The Labute approximate surface area is 214 Å². The summed E-state index contributed by atoms with van der Waals surface area (Å²) in [6, 6.07) is 17.1. The highest BCUT2D eigenvalue weighted by Crippen LogP contribution is 2.37. The number of hydrogen-bond acceptors (Lipinski definition) is 8. The van der Waals surface area contributed by atoms with Crippen molar-refractivity contribution in [1.29, 1.82) is 10.5 Å². The van der Waals surface area contributed by atoms with Crippen LogP contribution in [-0.4, -0.2) is 24.6 Å². The van der Waals surface area contributed by atoms with Crippen molar-refractivity contribution in [3.8, 4) is 23.3 Å². The first kappa shape index (κ1) is 26.7. The third-order valence-electron chi connectivity index (χ3n) is 5.39. The van der Waals surface area contributed by atoms with E-state index in [0.717, 1.165) is 17.3 Å². The first-order valence-electron chi connectivity index (χ1n) is 10.8. The quantitative estimate of drug-likeness (QED) is 0.392. The van der Waals surface area contributed by atoms with Crippen molar-refractivity contribution in [2.75, 3.05) is 11.1 Å². The van der Waals surface area contributed by atoms with E-state index in [9.17, 15) is 23.7 Å². The Morgan fingerprint density at radius 1 is 1.00 bits per heavy atom. The fourth-order valence-electron chi connectivity index (χ4n) is 3.40. The summed E-state index contributed by atoms with van der Waals surface area (Å²) in [5, 5.41) is 27.0. The van der Waals surface area contributed by atoms with Crippen molar-refractivity contribution in [2.45, 2.75) is 41.9 Å². The van der Waals surface area contributed by atoms with E-state index in [2.05, 4.69) is 30.2 Å². The minimum Gasteiger partial charge on any atom is -0.383 e. The molecule has 0 spiro atoms. The minimum atomic E-state index is -3.85. The van der Waals surface area contributed by atoms with Gasteiger partial charge in [0.25, 0.3) is 0 Å². The Kier molecular flexibility index (Phi) is 8.00. The van der Waals surface area contributed by atoms with Gasteiger partial charge in [0.05, 0.1) is 15.7 Å². The molecular weight excluding hydrogens is 496 g/mol. The zero-order valence-electron chi connectivity index (χ0n) is 19.8. The molecule has 1 heterocycles. The third-order valence-corrected chi connectivity index (χ3v) is 7.41. The summed E-state index contributed by atoms with van der Waals surface area (Å²) in [4.78, 5) is 17.0. The summed E-state index contributed by atoms with van der Waals surface area (Å²) < 4.78 is 22.8. The van der Waals surface area contributed by atoms with E-state index < -0.39 is 21.2 Å². The number of anilines is 2. The van der Waals surface area contributed by atoms with E-state index in [4.69, 9.17) is 10.9 Å². The Bertz CT molecular complexity index is 1490. The summed E-state index contributed by atoms with van der Waals surface area (Å²) in [7, 11) is -3.85. The first-order chi connectivity index (χ1) is 17.0. The van der Waals surface area contributed by atoms with Crippen molar-refractivity contribution < 1.29 is 13.2 Å². The molecule has 1 amide bonds. The summed E-state index contributed by atoms with van der Waals surface area (Å²) in [5.74, 6) is -0.123. The van der Waals surface area contributed by atoms with Crippen molar-refractivity contribution in [3.05, 3.63) is 65.2 Å². The maximum Gasteiger partial charge on any atom is 0.238 e. The molecule has 11 heteroatoms. The maximum atomic E-state index is 12.8. The fraction of sp³-hybridized carbons (Fsp3) is 0.200. The van der Waals surface area contributed by atoms with Crippen LogP contribution >= 0.6 is 11.8 Å². The lowest BCUT2D eigenvalue weighted by Crippen LogP contribution is -2.23. The standard InChI is InChI=1S/C25H24N6O3S2/c1-14(2)16-4-6-17(7-5-16)22-20(12-26)23(28)31-25(21(22)13-27)35-15(3)24(32)30-18-8-10-19(11-9-18)36(29,33)34/h4-11,14-15H,1-3H3,(H2,28,31)(H,30,32)(H2,29,33,34). The second-order valence-corrected chi connectivity index (χ2v) is 11.1. The Morgan fingerprint density at radius 2 is 1.58 bits per heavy atom. The topological polar surface area (TPSA) is 176 Å². The average molecular weight is 521 g/mol. The molecule has 0 aliphatic heterocycles. The van der Waals surface area contributed by atoms with Gasteiger partial charge in [0.2, 0.25) is 15.9 Å². The molecular formula is C25H24N6O3S2. The van der Waals surface area contributed by atoms with Gasteiger partial charge < -0.3 is 11.1 Å². The predicted molar refractivity (Wildman–Crippen MR) is 139 cm³/mol. The number of carbonyl (C=O) groups excluding carboxylic acids is 1. The van der Waals surface area contributed by atoms with Gasteiger partial charge in [-0.1, -0.05) is 49.9 Å². The molecule has 0 fully saturated rings. The van der Waals surface area contributed by atoms with Crippen LogP contribution in [0.15, 0.2) is 58.5 Å². The number of thioether (sulfide) groups is 1. The molecule has 0 aliphatic rings. The van der Waals surface area contributed by atoms with Gasteiger partial charge in [-0.2, -0.15) is 10.5 Å². The SMILES string of the molecule is CC(Sc1nc(N)c(C#N)c(-c2ccc(C(C)C)cc2)c1C#N)C(=O)Nc1ccc(S(N)(=O)=O)cc1. The molecule has 0 aliphatic carbocycles. The summed E-state index contributed by atoms with van der Waals surface area (Å²) in [6.07, 6.45) is 0. The van der Waals surface area contributed by atoms with Gasteiger partial charge >= 0.3 is 0 Å². The fourth-order valence-corrected chi connectivity index (χ4v) is 4.83. The lowest BCUT2D eigenvalue weighted by Gasteiger charge is -2.16. The number of nitrogens with one attached hydrogen (secondary N) is 1. The highest BCUT2D eigenvalue weighted by Gasteiger charge is 2.24. The van der Waals surface area contributed by atoms with E-state index in [1.807, 2.05) is 30.3 Å². The van der Waals surface area contributed by atoms with E-state index in [1.165, 1.54) is 24.3 Å². The van der Waals surface area contributed by atoms with Gasteiger partial charge in [-0.15, -0.1) is 0 Å². The number of nitrogens with two attached hydrogens (primary N) is 2. The number of nitrogen functional groups attached to an aromatic ring is 1. The van der Waals surface area contributed by atoms with Crippen LogP contribution < -0.4 is 16.2 Å². The summed E-state index contributed by atoms with van der Waals surface area (Å²) >= 11 is 1.03. The number of aromatic nitrogens is 1. The highest BCUT2D eigenvalue weighted by atomic mass is 32.2. The minimum absolute atomic E-state index is 0.0341. The molecule has 2 aromatic carbocycles. The number of hydrogen-bond donors (Lipinski definition) is 3. The number of pyridine rings is 1. The number of nitriles is 2. The van der Waals surface area contributed by atoms with E-state index >= 15 is 0 Å². The monoisotopic (exact) mass is 520 g/mol. The Balaban J connectivity index is 1.92. The number of primary sulfonamides is 1. The Hall–Kier alpha value is -3.90. The largest absolute Gasteiger partial charge is 0.383 e. The van der Waals surface area contributed by atoms with Crippen molar-refractivity contribution in [1.82, 2.24) is 4.98 Å². The zero-order chi connectivity index (χ0) is 26.6. The molecule has 0 bridgehead atoms. The molecule has 0 saturated heterocycles. The smallest absolute Gasteiger partial charge is 0.238 e. The highest BCUT2D eigenvalue weighted by molar-refractivity contribution is 8.00. The first-order valence-corrected chi connectivity index (χ1v) is 13.2. The van der Waals surface area contributed by atoms with Gasteiger partial charge in [-0.25, -0.2) is 18.5 Å². The lowest BCUT2D eigenvalue weighted by atomic mass is 9.94. The van der Waals surface area contributed by atoms with Crippen molar-refractivity contribution >= 4 is 39.2 Å². The molecule has 5 N–H and O–H groups in total. The number of rotatable bonds is 7. The molecule has 3 rings (SSSR count). The second kappa shape index (κ2) is 10.8. The molecule has 1 unspecified atom stereocenters. The van der Waals surface area contributed by atoms with Crippen molar-refractivity contribution in [2.24, 2.45) is 5.14 Å². The van der Waals surface area contributed by atoms with Gasteiger partial charge in [0.15, 0.2) is 0 Å². The number of carbonyl (C=O) groups is 1. The predicted octanol–water partition coefficient (Wildman–Crippen LogP) is 3.96.